The Morgan fingerprint density at radius 2 is 2.21 bits per heavy atom. The van der Waals surface area contributed by atoms with Crippen LogP contribution in [0.5, 0.6) is 0 Å². The lowest BCUT2D eigenvalue weighted by atomic mass is 10.0. The van der Waals surface area contributed by atoms with E-state index in [1.807, 2.05) is 36.1 Å². The van der Waals surface area contributed by atoms with Crippen LogP contribution in [0.1, 0.15) is 22.3 Å². The van der Waals surface area contributed by atoms with Crippen LogP contribution in [0, 0.1) is 6.92 Å². The number of morpholine rings is 1. The van der Waals surface area contributed by atoms with E-state index in [0.717, 1.165) is 35.0 Å². The number of benzene rings is 1. The number of hydrogen-bond acceptors (Lipinski definition) is 4. The van der Waals surface area contributed by atoms with E-state index in [9.17, 15) is 4.79 Å². The molecule has 2 heterocycles. The lowest BCUT2D eigenvalue weighted by Crippen LogP contribution is -2.46. The van der Waals surface area contributed by atoms with Crippen molar-refractivity contribution >= 4 is 16.8 Å². The Bertz CT molecular complexity index is 730. The Morgan fingerprint density at radius 3 is 3.00 bits per heavy atom. The predicted molar refractivity (Wildman–Crippen MR) is 95.3 cm³/mol. The second kappa shape index (κ2) is 7.28. The highest BCUT2D eigenvalue weighted by atomic mass is 16.5. The Balaban J connectivity index is 1.80. The number of carbonyl (C=O) groups is 1. The molecule has 5 nitrogen and oxygen atoms in total. The molecule has 1 amide bonds. The molecular weight excluding hydrogens is 302 g/mol. The van der Waals surface area contributed by atoms with E-state index < -0.39 is 0 Å². The Morgan fingerprint density at radius 1 is 1.38 bits per heavy atom. The largest absolute Gasteiger partial charge is 0.374 e. The number of rotatable bonds is 4. The van der Waals surface area contributed by atoms with Gasteiger partial charge < -0.3 is 14.5 Å². The van der Waals surface area contributed by atoms with Crippen molar-refractivity contribution in [2.45, 2.75) is 19.4 Å². The molecule has 1 aliphatic rings. The summed E-state index contributed by atoms with van der Waals surface area (Å²) in [5.41, 5.74) is 2.73. The summed E-state index contributed by atoms with van der Waals surface area (Å²) >= 11 is 0. The molecule has 3 rings (SSSR count). The molecule has 1 aliphatic heterocycles. The zero-order valence-corrected chi connectivity index (χ0v) is 14.7. The fourth-order valence-electron chi connectivity index (χ4n) is 3.10. The summed E-state index contributed by atoms with van der Waals surface area (Å²) in [7, 11) is 4.11. The number of fused-ring (bicyclic) bond motifs is 1. The molecule has 5 heteroatoms. The summed E-state index contributed by atoms with van der Waals surface area (Å²) in [5, 5.41) is 0.929. The number of ether oxygens (including phenoxy) is 1. The summed E-state index contributed by atoms with van der Waals surface area (Å²) in [6, 6.07) is 7.87. The Hall–Kier alpha value is -1.98. The van der Waals surface area contributed by atoms with Gasteiger partial charge in [0.05, 0.1) is 23.8 Å². The zero-order chi connectivity index (χ0) is 17.1. The number of aromatic nitrogens is 1. The van der Waals surface area contributed by atoms with Crippen LogP contribution in [-0.2, 0) is 4.74 Å². The van der Waals surface area contributed by atoms with Gasteiger partial charge in [0.15, 0.2) is 0 Å². The van der Waals surface area contributed by atoms with Crippen molar-refractivity contribution in [1.82, 2.24) is 14.8 Å². The van der Waals surface area contributed by atoms with E-state index in [4.69, 9.17) is 4.74 Å². The third-order valence-corrected chi connectivity index (χ3v) is 4.45. The normalized spacial score (nSPS) is 18.3. The molecule has 1 aromatic heterocycles. The lowest BCUT2D eigenvalue weighted by Gasteiger charge is -2.33. The summed E-state index contributed by atoms with van der Waals surface area (Å²) in [6.07, 6.45) is 2.77. The zero-order valence-electron chi connectivity index (χ0n) is 14.7. The molecule has 0 saturated carbocycles. The van der Waals surface area contributed by atoms with Gasteiger partial charge in [-0.25, -0.2) is 0 Å². The van der Waals surface area contributed by atoms with E-state index in [-0.39, 0.29) is 12.0 Å². The molecule has 0 bridgehead atoms. The molecule has 2 aromatic rings. The highest BCUT2D eigenvalue weighted by Crippen LogP contribution is 2.21. The fourth-order valence-corrected chi connectivity index (χ4v) is 3.10. The third-order valence-electron chi connectivity index (χ3n) is 4.45. The van der Waals surface area contributed by atoms with Gasteiger partial charge in [0, 0.05) is 31.2 Å². The molecule has 1 atom stereocenters. The first-order valence-electron chi connectivity index (χ1n) is 8.45. The van der Waals surface area contributed by atoms with E-state index >= 15 is 0 Å². The monoisotopic (exact) mass is 327 g/mol. The molecule has 1 aromatic carbocycles. The van der Waals surface area contributed by atoms with Gasteiger partial charge in [-0.1, -0.05) is 11.6 Å². The van der Waals surface area contributed by atoms with Gasteiger partial charge in [-0.15, -0.1) is 0 Å². The first-order valence-corrected chi connectivity index (χ1v) is 8.45. The molecule has 0 spiro atoms. The van der Waals surface area contributed by atoms with Crippen molar-refractivity contribution in [3.63, 3.8) is 0 Å². The maximum absolute atomic E-state index is 13.0. The van der Waals surface area contributed by atoms with Gasteiger partial charge in [0.25, 0.3) is 5.91 Å². The molecule has 128 valence electrons. The minimum Gasteiger partial charge on any atom is -0.374 e. The number of amides is 1. The van der Waals surface area contributed by atoms with Crippen molar-refractivity contribution in [3.8, 4) is 0 Å². The first kappa shape index (κ1) is 16.9. The number of hydrogen-bond donors (Lipinski definition) is 0. The Kier molecular flexibility index (Phi) is 5.11. The van der Waals surface area contributed by atoms with Crippen LogP contribution in [-0.4, -0.2) is 67.1 Å². The van der Waals surface area contributed by atoms with Crippen LogP contribution in [0.3, 0.4) is 0 Å². The van der Waals surface area contributed by atoms with Gasteiger partial charge in [-0.2, -0.15) is 0 Å². The minimum atomic E-state index is 0.0751. The molecular formula is C19H25N3O2. The lowest BCUT2D eigenvalue weighted by molar-refractivity contribution is -0.0269. The van der Waals surface area contributed by atoms with Crippen molar-refractivity contribution < 1.29 is 9.53 Å². The number of carbonyl (C=O) groups excluding carboxylic acids is 1. The molecule has 24 heavy (non-hydrogen) atoms. The second-order valence-corrected chi connectivity index (χ2v) is 6.72. The van der Waals surface area contributed by atoms with Crippen LogP contribution in [0.25, 0.3) is 10.9 Å². The van der Waals surface area contributed by atoms with Crippen LogP contribution in [0.15, 0.2) is 30.5 Å². The summed E-state index contributed by atoms with van der Waals surface area (Å²) in [4.78, 5) is 21.5. The molecule has 1 fully saturated rings. The highest BCUT2D eigenvalue weighted by molar-refractivity contribution is 6.06. The topological polar surface area (TPSA) is 45.7 Å². The van der Waals surface area contributed by atoms with Crippen LogP contribution >= 0.6 is 0 Å². The predicted octanol–water partition coefficient (Wildman–Crippen LogP) is 2.34. The van der Waals surface area contributed by atoms with E-state index in [1.54, 1.807) is 6.20 Å². The van der Waals surface area contributed by atoms with Crippen LogP contribution < -0.4 is 0 Å². The summed E-state index contributed by atoms with van der Waals surface area (Å²) in [6.45, 7) is 4.90. The second-order valence-electron chi connectivity index (χ2n) is 6.72. The summed E-state index contributed by atoms with van der Waals surface area (Å²) in [5.74, 6) is 0.0751. The molecule has 0 aliphatic carbocycles. The number of aryl methyl sites for hydroxylation is 1. The standard InChI is InChI=1S/C19H25N3O2/c1-14-4-5-18-17(12-14)16(6-8-20-18)19(23)22-10-11-24-15(13-22)7-9-21(2)3/h4-6,8,12,15H,7,9-11,13H2,1-3H3/t15-/m1/s1. The maximum Gasteiger partial charge on any atom is 0.254 e. The van der Waals surface area contributed by atoms with Crippen molar-refractivity contribution in [1.29, 1.82) is 0 Å². The van der Waals surface area contributed by atoms with Crippen molar-refractivity contribution in [3.05, 3.63) is 41.6 Å². The van der Waals surface area contributed by atoms with Gasteiger partial charge >= 0.3 is 0 Å². The van der Waals surface area contributed by atoms with Gasteiger partial charge in [0.2, 0.25) is 0 Å². The maximum atomic E-state index is 13.0. The van der Waals surface area contributed by atoms with Gasteiger partial charge in [0.1, 0.15) is 0 Å². The quantitative estimate of drug-likeness (QED) is 0.865. The number of pyridine rings is 1. The van der Waals surface area contributed by atoms with E-state index in [2.05, 4.69) is 24.0 Å². The molecule has 0 radical (unpaired) electrons. The molecule has 0 unspecified atom stereocenters. The van der Waals surface area contributed by atoms with Crippen molar-refractivity contribution in [2.24, 2.45) is 0 Å². The highest BCUT2D eigenvalue weighted by Gasteiger charge is 2.26. The van der Waals surface area contributed by atoms with Gasteiger partial charge in [-0.05, 0) is 45.6 Å². The fraction of sp³-hybridized carbons (Fsp3) is 0.474. The molecule has 0 N–H and O–H groups in total. The summed E-state index contributed by atoms with van der Waals surface area (Å²) < 4.78 is 5.82. The van der Waals surface area contributed by atoms with E-state index in [0.29, 0.717) is 19.7 Å². The smallest absolute Gasteiger partial charge is 0.254 e. The first-order chi connectivity index (χ1) is 11.5. The average Bonchev–Trinajstić information content (AvgIpc) is 2.59. The van der Waals surface area contributed by atoms with Crippen molar-refractivity contribution in [2.75, 3.05) is 40.3 Å². The minimum absolute atomic E-state index is 0.0751. The van der Waals surface area contributed by atoms with E-state index in [1.165, 1.54) is 0 Å². The SMILES string of the molecule is Cc1ccc2nccc(C(=O)N3CCO[C@H](CCN(C)C)C3)c2c1. The molecule has 1 saturated heterocycles. The van der Waals surface area contributed by atoms with Crippen LogP contribution in [0.4, 0.5) is 0 Å². The average molecular weight is 327 g/mol. The Labute approximate surface area is 143 Å². The number of nitrogens with zero attached hydrogens (tertiary/aromatic N) is 3. The van der Waals surface area contributed by atoms with Crippen LogP contribution in [0.2, 0.25) is 0 Å². The third kappa shape index (κ3) is 3.74. The van der Waals surface area contributed by atoms with Gasteiger partial charge in [-0.3, -0.25) is 9.78 Å².